The van der Waals surface area contributed by atoms with Gasteiger partial charge in [0.2, 0.25) is 0 Å². The zero-order valence-electron chi connectivity index (χ0n) is 20.5. The van der Waals surface area contributed by atoms with Gasteiger partial charge in [0, 0.05) is 57.3 Å². The first-order valence-electron chi connectivity index (χ1n) is 11.9. The topological polar surface area (TPSA) is 112 Å². The molecule has 2 amide bonds. The van der Waals surface area contributed by atoms with E-state index in [1.54, 1.807) is 55.0 Å². The molecule has 1 unspecified atom stereocenters. The fourth-order valence-electron chi connectivity index (χ4n) is 4.83. The number of rotatable bonds is 4. The summed E-state index contributed by atoms with van der Waals surface area (Å²) in [7, 11) is -3.47. The molecule has 3 heterocycles. The van der Waals surface area contributed by atoms with Crippen LogP contribution in [-0.2, 0) is 9.84 Å². The number of halogens is 1. The highest BCUT2D eigenvalue weighted by Crippen LogP contribution is 2.43. The number of aromatic nitrogens is 2. The van der Waals surface area contributed by atoms with Gasteiger partial charge in [-0.3, -0.25) is 14.9 Å². The molecule has 10 heteroatoms. The summed E-state index contributed by atoms with van der Waals surface area (Å²) in [6, 6.07) is 19.2. The summed E-state index contributed by atoms with van der Waals surface area (Å²) in [5.41, 5.74) is 3.98. The van der Waals surface area contributed by atoms with Crippen LogP contribution in [0.25, 0.3) is 33.0 Å². The molecule has 0 fully saturated rings. The van der Waals surface area contributed by atoms with E-state index in [0.29, 0.717) is 44.2 Å². The predicted octanol–water partition coefficient (Wildman–Crippen LogP) is 6.06. The molecule has 0 bridgehead atoms. The highest BCUT2D eigenvalue weighted by molar-refractivity contribution is 7.90. The minimum absolute atomic E-state index is 0.0924. The number of hydrogen-bond donors (Lipinski definition) is 2. The number of carbonyl (C=O) groups is 1. The average Bonchev–Trinajstić information content (AvgIpc) is 2.92. The summed E-state index contributed by atoms with van der Waals surface area (Å²) >= 11 is 6.65. The third kappa shape index (κ3) is 4.40. The van der Waals surface area contributed by atoms with Crippen LogP contribution < -0.4 is 10.2 Å². The quantitative estimate of drug-likeness (QED) is 0.278. The Morgan fingerprint density at radius 3 is 2.54 bits per heavy atom. The van der Waals surface area contributed by atoms with Crippen LogP contribution >= 0.6 is 11.6 Å². The maximum Gasteiger partial charge on any atom is 0.328 e. The van der Waals surface area contributed by atoms with Gasteiger partial charge in [-0.25, -0.2) is 13.2 Å². The number of anilines is 2. The fraction of sp³-hybridized carbons (Fsp3) is 0.0690. The Balaban J connectivity index is 1.44. The van der Waals surface area contributed by atoms with E-state index in [0.717, 1.165) is 17.0 Å². The number of carbonyl (C=O) groups excluding carboxylic acids is 1. The van der Waals surface area contributed by atoms with Crippen LogP contribution in [0.2, 0.25) is 5.02 Å². The SMILES string of the molecule is CS(=O)(=O)c1cncc(-c2cccc(Cl)c2-c2ccc3c(c2)NC(=O)N(c2cncc4ccccc24)C3O)c1. The van der Waals surface area contributed by atoms with Gasteiger partial charge in [0.15, 0.2) is 16.1 Å². The van der Waals surface area contributed by atoms with Gasteiger partial charge in [0.05, 0.1) is 22.5 Å². The van der Waals surface area contributed by atoms with Crippen LogP contribution in [0.3, 0.4) is 0 Å². The lowest BCUT2D eigenvalue weighted by Gasteiger charge is -2.34. The minimum atomic E-state index is -3.47. The first kappa shape index (κ1) is 25.0. The van der Waals surface area contributed by atoms with Crippen LogP contribution in [0.1, 0.15) is 11.8 Å². The van der Waals surface area contributed by atoms with Gasteiger partial charge >= 0.3 is 6.03 Å². The molecule has 5 aromatic rings. The van der Waals surface area contributed by atoms with Crippen molar-refractivity contribution >= 4 is 49.6 Å². The van der Waals surface area contributed by atoms with Crippen molar-refractivity contribution in [3.8, 4) is 22.3 Å². The molecule has 6 rings (SSSR count). The van der Waals surface area contributed by atoms with E-state index in [9.17, 15) is 18.3 Å². The second-order valence-corrected chi connectivity index (χ2v) is 11.6. The number of benzene rings is 3. The van der Waals surface area contributed by atoms with Crippen molar-refractivity contribution in [2.45, 2.75) is 11.1 Å². The largest absolute Gasteiger partial charge is 0.369 e. The first-order chi connectivity index (χ1) is 18.7. The molecule has 1 atom stereocenters. The second-order valence-electron chi connectivity index (χ2n) is 9.20. The highest BCUT2D eigenvalue weighted by Gasteiger charge is 2.33. The number of aliphatic hydroxyl groups is 1. The number of hydrogen-bond acceptors (Lipinski definition) is 6. The van der Waals surface area contributed by atoms with Gasteiger partial charge < -0.3 is 10.4 Å². The van der Waals surface area contributed by atoms with Gasteiger partial charge in [-0.2, -0.15) is 0 Å². The standard InChI is InChI=1S/C29H21ClN4O4S/c1-39(37,38)20-11-19(14-31-15-20)22-7-4-8-24(30)27(22)17-9-10-23-25(12-17)33-29(36)34(28(23)35)26-16-32-13-18-5-2-3-6-21(18)26/h2-16,28,35H,1H3,(H,33,36). The lowest BCUT2D eigenvalue weighted by atomic mass is 9.93. The van der Waals surface area contributed by atoms with E-state index in [1.165, 1.54) is 11.1 Å². The molecule has 1 aliphatic rings. The van der Waals surface area contributed by atoms with Gasteiger partial charge in [-0.1, -0.05) is 60.1 Å². The Hall–Kier alpha value is -4.31. The fourth-order valence-corrected chi connectivity index (χ4v) is 5.71. The Bertz CT molecular complexity index is 1890. The van der Waals surface area contributed by atoms with E-state index in [2.05, 4.69) is 15.3 Å². The summed E-state index contributed by atoms with van der Waals surface area (Å²) in [4.78, 5) is 23.0. The van der Waals surface area contributed by atoms with Gasteiger partial charge in [0.25, 0.3) is 0 Å². The monoisotopic (exact) mass is 556 g/mol. The lowest BCUT2D eigenvalue weighted by Crippen LogP contribution is -2.42. The molecule has 39 heavy (non-hydrogen) atoms. The molecule has 0 aliphatic carbocycles. The summed E-state index contributed by atoms with van der Waals surface area (Å²) in [6.45, 7) is 0. The Kier molecular flexibility index (Phi) is 6.06. The number of fused-ring (bicyclic) bond motifs is 2. The van der Waals surface area contributed by atoms with Crippen LogP contribution in [-0.4, -0.2) is 35.8 Å². The Morgan fingerprint density at radius 2 is 1.72 bits per heavy atom. The van der Waals surface area contributed by atoms with E-state index in [4.69, 9.17) is 11.6 Å². The van der Waals surface area contributed by atoms with E-state index < -0.39 is 22.1 Å². The number of nitrogens with one attached hydrogen (secondary N) is 1. The predicted molar refractivity (Wildman–Crippen MR) is 151 cm³/mol. The Labute approximate surface area is 229 Å². The molecule has 3 aromatic carbocycles. The van der Waals surface area contributed by atoms with Crippen molar-refractivity contribution in [3.05, 3.63) is 102 Å². The molecule has 8 nitrogen and oxygen atoms in total. The van der Waals surface area contributed by atoms with Crippen LogP contribution in [0, 0.1) is 0 Å². The van der Waals surface area contributed by atoms with Crippen LogP contribution in [0.5, 0.6) is 0 Å². The molecule has 0 radical (unpaired) electrons. The maximum atomic E-state index is 13.3. The van der Waals surface area contributed by atoms with Crippen molar-refractivity contribution in [3.63, 3.8) is 0 Å². The van der Waals surface area contributed by atoms with Gasteiger partial charge in [-0.05, 0) is 29.3 Å². The molecular weight excluding hydrogens is 536 g/mol. The number of urea groups is 1. The number of pyridine rings is 2. The number of amides is 2. The Morgan fingerprint density at radius 1 is 0.923 bits per heavy atom. The third-order valence-corrected chi connectivity index (χ3v) is 8.09. The average molecular weight is 557 g/mol. The van der Waals surface area contributed by atoms with Crippen molar-refractivity contribution in [2.24, 2.45) is 0 Å². The molecule has 0 saturated carbocycles. The molecular formula is C29H21ClN4O4S. The smallest absolute Gasteiger partial charge is 0.328 e. The third-order valence-electron chi connectivity index (χ3n) is 6.70. The number of nitrogens with zero attached hydrogens (tertiary/aromatic N) is 3. The van der Waals surface area contributed by atoms with Crippen molar-refractivity contribution in [2.75, 3.05) is 16.5 Å². The zero-order chi connectivity index (χ0) is 27.3. The van der Waals surface area contributed by atoms with E-state index in [-0.39, 0.29) is 4.90 Å². The molecule has 2 N–H and O–H groups in total. The summed E-state index contributed by atoms with van der Waals surface area (Å²) < 4.78 is 24.2. The zero-order valence-corrected chi connectivity index (χ0v) is 22.1. The molecule has 0 saturated heterocycles. The van der Waals surface area contributed by atoms with Crippen molar-refractivity contribution in [1.29, 1.82) is 0 Å². The number of sulfone groups is 1. The minimum Gasteiger partial charge on any atom is -0.369 e. The van der Waals surface area contributed by atoms with E-state index in [1.807, 2.05) is 30.3 Å². The molecule has 2 aromatic heterocycles. The van der Waals surface area contributed by atoms with Crippen LogP contribution in [0.4, 0.5) is 16.2 Å². The van der Waals surface area contributed by atoms with Gasteiger partial charge in [0.1, 0.15) is 0 Å². The normalized spacial score (nSPS) is 15.2. The summed E-state index contributed by atoms with van der Waals surface area (Å²) in [5.74, 6) is 0. The number of aliphatic hydroxyl groups excluding tert-OH is 1. The van der Waals surface area contributed by atoms with Crippen molar-refractivity contribution in [1.82, 2.24) is 9.97 Å². The van der Waals surface area contributed by atoms with Crippen LogP contribution in [0.15, 0.2) is 96.4 Å². The lowest BCUT2D eigenvalue weighted by molar-refractivity contribution is 0.170. The summed E-state index contributed by atoms with van der Waals surface area (Å²) in [5, 5.41) is 16.3. The molecule has 194 valence electrons. The summed E-state index contributed by atoms with van der Waals surface area (Å²) in [6.07, 6.45) is 6.01. The first-order valence-corrected chi connectivity index (χ1v) is 14.2. The van der Waals surface area contributed by atoms with Gasteiger partial charge in [-0.15, -0.1) is 0 Å². The molecule has 1 aliphatic heterocycles. The molecule has 0 spiro atoms. The van der Waals surface area contributed by atoms with E-state index >= 15 is 0 Å². The highest BCUT2D eigenvalue weighted by atomic mass is 35.5. The maximum absolute atomic E-state index is 13.3. The van der Waals surface area contributed by atoms with Crippen molar-refractivity contribution < 1.29 is 18.3 Å². The second kappa shape index (κ2) is 9.46.